The third-order valence-corrected chi connectivity index (χ3v) is 14.9. The Morgan fingerprint density at radius 2 is 1.16 bits per heavy atom. The lowest BCUT2D eigenvalue weighted by atomic mass is 9.33. The fraction of sp³-hybridized carbons (Fsp3) is 0.288. The summed E-state index contributed by atoms with van der Waals surface area (Å²) < 4.78 is 6.77. The molecule has 3 nitrogen and oxygen atoms in total. The van der Waals surface area contributed by atoms with Crippen molar-refractivity contribution in [3.63, 3.8) is 0 Å². The van der Waals surface area contributed by atoms with Gasteiger partial charge in [0.1, 0.15) is 11.2 Å². The highest BCUT2D eigenvalue weighted by molar-refractivity contribution is 7.00. The van der Waals surface area contributed by atoms with Gasteiger partial charge in [0, 0.05) is 33.7 Å². The molecule has 0 radical (unpaired) electrons. The minimum atomic E-state index is -0.140. The largest absolute Gasteiger partial charge is 0.456 e. The predicted octanol–water partition coefficient (Wildman–Crippen LogP) is 14.6. The van der Waals surface area contributed by atoms with Gasteiger partial charge >= 0.3 is 0 Å². The number of hydrogen-bond acceptors (Lipinski definition) is 3. The molecule has 0 amide bonds. The van der Waals surface area contributed by atoms with Crippen molar-refractivity contribution < 1.29 is 4.42 Å². The highest BCUT2D eigenvalue weighted by atomic mass is 16.3. The van der Waals surface area contributed by atoms with E-state index in [1.54, 1.807) is 0 Å². The van der Waals surface area contributed by atoms with Gasteiger partial charge in [-0.1, -0.05) is 160 Å². The van der Waals surface area contributed by atoms with E-state index >= 15 is 0 Å². The third kappa shape index (κ3) is 6.00. The Hall–Kier alpha value is -6.00. The van der Waals surface area contributed by atoms with Gasteiger partial charge in [-0.15, -0.1) is 0 Å². The zero-order chi connectivity index (χ0) is 44.0. The fourth-order valence-electron chi connectivity index (χ4n) is 11.2. The SMILES string of the molecule is Cc1cc(C(C)(C)C)ccc1N1c2cc3c(cc2B2c4ccc5oc6ccccc6c5c4N(c4ccccc4-c4ccccc4)c4cc(C(C)(C)C)cc1c42)C(C)(C)CCC3(C)C. The summed E-state index contributed by atoms with van der Waals surface area (Å²) in [6.45, 7) is 26.2. The number of fused-ring (bicyclic) bond motifs is 9. The van der Waals surface area contributed by atoms with Gasteiger partial charge in [0.15, 0.2) is 0 Å². The lowest BCUT2D eigenvalue weighted by Gasteiger charge is -2.48. The zero-order valence-corrected chi connectivity index (χ0v) is 39.0. The molecule has 2 aliphatic heterocycles. The number of benzene rings is 7. The minimum absolute atomic E-state index is 0.0243. The Morgan fingerprint density at radius 3 is 1.86 bits per heavy atom. The van der Waals surface area contributed by atoms with Gasteiger partial charge < -0.3 is 14.2 Å². The molecular formula is C59H59BN2O. The van der Waals surface area contributed by atoms with Gasteiger partial charge in [-0.3, -0.25) is 0 Å². The van der Waals surface area contributed by atoms with E-state index in [0.717, 1.165) is 40.5 Å². The number of aryl methyl sites for hydroxylation is 1. The van der Waals surface area contributed by atoms with Crippen molar-refractivity contribution in [2.24, 2.45) is 0 Å². The molecule has 63 heavy (non-hydrogen) atoms. The van der Waals surface area contributed by atoms with E-state index in [1.807, 2.05) is 0 Å². The number of rotatable bonds is 3. The molecule has 0 fully saturated rings. The second-order valence-corrected chi connectivity index (χ2v) is 22.1. The molecule has 0 atom stereocenters. The highest BCUT2D eigenvalue weighted by Crippen LogP contribution is 2.53. The number of furan rings is 1. The highest BCUT2D eigenvalue weighted by Gasteiger charge is 2.48. The maximum absolute atomic E-state index is 6.77. The van der Waals surface area contributed by atoms with Gasteiger partial charge in [0.05, 0.1) is 16.8 Å². The van der Waals surface area contributed by atoms with E-state index in [4.69, 9.17) is 4.42 Å². The summed E-state index contributed by atoms with van der Waals surface area (Å²) in [5.41, 5.74) is 22.5. The van der Waals surface area contributed by atoms with Crippen LogP contribution < -0.4 is 26.2 Å². The van der Waals surface area contributed by atoms with Crippen LogP contribution in [0.5, 0.6) is 0 Å². The predicted molar refractivity (Wildman–Crippen MR) is 271 cm³/mol. The van der Waals surface area contributed by atoms with Crippen LogP contribution in [0, 0.1) is 6.92 Å². The van der Waals surface area contributed by atoms with Gasteiger partial charge in [-0.25, -0.2) is 0 Å². The van der Waals surface area contributed by atoms with Crippen molar-refractivity contribution in [3.05, 3.63) is 161 Å². The van der Waals surface area contributed by atoms with E-state index in [2.05, 4.69) is 219 Å². The smallest absolute Gasteiger partial charge is 0.252 e. The molecule has 0 bridgehead atoms. The minimum Gasteiger partial charge on any atom is -0.456 e. The summed E-state index contributed by atoms with van der Waals surface area (Å²) in [4.78, 5) is 5.29. The Morgan fingerprint density at radius 1 is 0.524 bits per heavy atom. The normalized spacial score (nSPS) is 16.2. The number of hydrogen-bond donors (Lipinski definition) is 0. The first-order valence-corrected chi connectivity index (χ1v) is 23.1. The van der Waals surface area contributed by atoms with Gasteiger partial charge in [-0.2, -0.15) is 0 Å². The first-order valence-electron chi connectivity index (χ1n) is 23.1. The van der Waals surface area contributed by atoms with Crippen LogP contribution in [0.15, 0.2) is 138 Å². The lowest BCUT2D eigenvalue weighted by molar-refractivity contribution is 0.332. The lowest BCUT2D eigenvalue weighted by Crippen LogP contribution is -2.62. The molecule has 8 aromatic rings. The van der Waals surface area contributed by atoms with E-state index in [1.165, 1.54) is 83.8 Å². The zero-order valence-electron chi connectivity index (χ0n) is 39.0. The van der Waals surface area contributed by atoms with Crippen molar-refractivity contribution >= 4 is 79.2 Å². The van der Waals surface area contributed by atoms with Crippen molar-refractivity contribution in [2.45, 2.75) is 111 Å². The van der Waals surface area contributed by atoms with Gasteiger partial charge in [-0.05, 0) is 134 Å². The summed E-state index contributed by atoms with van der Waals surface area (Å²) in [5.74, 6) is 0. The van der Waals surface area contributed by atoms with E-state index in [9.17, 15) is 0 Å². The molecule has 0 N–H and O–H groups in total. The third-order valence-electron chi connectivity index (χ3n) is 14.9. The summed E-state index contributed by atoms with van der Waals surface area (Å²) in [6.07, 6.45) is 2.32. The monoisotopic (exact) mass is 822 g/mol. The first kappa shape index (κ1) is 39.8. The molecule has 0 spiro atoms. The van der Waals surface area contributed by atoms with Crippen LogP contribution in [0.25, 0.3) is 33.1 Å². The average Bonchev–Trinajstić information content (AvgIpc) is 3.64. The van der Waals surface area contributed by atoms with Crippen LogP contribution in [-0.2, 0) is 21.7 Å². The number of nitrogens with zero attached hydrogens (tertiary/aromatic N) is 2. The second-order valence-electron chi connectivity index (χ2n) is 22.1. The number of para-hydroxylation sites is 2. The van der Waals surface area contributed by atoms with Crippen LogP contribution in [0.4, 0.5) is 34.1 Å². The quantitative estimate of drug-likeness (QED) is 0.166. The molecule has 0 unspecified atom stereocenters. The molecule has 3 heterocycles. The van der Waals surface area contributed by atoms with E-state index in [-0.39, 0.29) is 28.4 Å². The fourth-order valence-corrected chi connectivity index (χ4v) is 11.2. The maximum Gasteiger partial charge on any atom is 0.252 e. The van der Waals surface area contributed by atoms with Crippen molar-refractivity contribution in [3.8, 4) is 11.1 Å². The molecule has 4 heteroatoms. The average molecular weight is 823 g/mol. The van der Waals surface area contributed by atoms with Crippen molar-refractivity contribution in [1.29, 1.82) is 0 Å². The molecule has 7 aromatic carbocycles. The molecule has 1 aromatic heterocycles. The first-order chi connectivity index (χ1) is 29.9. The summed E-state index contributed by atoms with van der Waals surface area (Å²) in [6, 6.07) is 50.7. The Labute approximate surface area is 374 Å². The maximum atomic E-state index is 6.77. The molecule has 314 valence electrons. The number of anilines is 6. The van der Waals surface area contributed by atoms with Crippen LogP contribution in [-0.4, -0.2) is 6.71 Å². The Kier molecular flexibility index (Phi) is 8.54. The topological polar surface area (TPSA) is 19.6 Å². The molecule has 1 aliphatic carbocycles. The molecule has 11 rings (SSSR count). The van der Waals surface area contributed by atoms with Gasteiger partial charge in [0.25, 0.3) is 6.71 Å². The van der Waals surface area contributed by atoms with Crippen LogP contribution >= 0.6 is 0 Å². The van der Waals surface area contributed by atoms with E-state index in [0.29, 0.717) is 0 Å². The summed E-state index contributed by atoms with van der Waals surface area (Å²) >= 11 is 0. The van der Waals surface area contributed by atoms with Crippen LogP contribution in [0.3, 0.4) is 0 Å². The van der Waals surface area contributed by atoms with Crippen LogP contribution in [0.1, 0.15) is 110 Å². The Bertz CT molecular complexity index is 3170. The molecular weight excluding hydrogens is 763 g/mol. The molecule has 0 saturated heterocycles. The van der Waals surface area contributed by atoms with Crippen molar-refractivity contribution in [2.75, 3.05) is 9.80 Å². The second kappa shape index (κ2) is 13.5. The summed E-state index contributed by atoms with van der Waals surface area (Å²) in [5, 5.41) is 2.30. The van der Waals surface area contributed by atoms with Crippen molar-refractivity contribution in [1.82, 2.24) is 0 Å². The van der Waals surface area contributed by atoms with Crippen LogP contribution in [0.2, 0.25) is 0 Å². The van der Waals surface area contributed by atoms with E-state index < -0.39 is 0 Å². The van der Waals surface area contributed by atoms with Gasteiger partial charge in [0.2, 0.25) is 0 Å². The summed E-state index contributed by atoms with van der Waals surface area (Å²) in [7, 11) is 0. The molecule has 0 saturated carbocycles. The standard InChI is InChI=1S/C59H59BN2O/c1-36-31-38(56(2,3)4)25-27-46(36)61-48-35-43-42(58(8,9)29-30-59(43,10)11)34-45(48)60-44-26-28-52-53(41-22-16-18-24-51(41)63-52)55(44)62(50-33-39(57(5,6)7)32-49(61)54(50)60)47-23-17-15-21-40(47)37-19-13-12-14-20-37/h12-28,31-35H,29-30H2,1-11H3. The molecule has 3 aliphatic rings. The Balaban J connectivity index is 1.33.